The molecule has 1 unspecified atom stereocenters. The zero-order valence-electron chi connectivity index (χ0n) is 10.9. The van der Waals surface area contributed by atoms with Crippen molar-refractivity contribution in [1.82, 2.24) is 4.98 Å². The standard InChI is InChI=1S/C14H12ClF3N2/c1-8(9-4-3-5-10(15)6-9)20(2)14-12(17)7-11(16)13(18)19-14/h3-8H,1-2H3. The second-order valence-electron chi connectivity index (χ2n) is 4.41. The van der Waals surface area contributed by atoms with Crippen LogP contribution in [0, 0.1) is 17.6 Å². The molecule has 1 heterocycles. The molecule has 1 aromatic carbocycles. The van der Waals surface area contributed by atoms with Crippen molar-refractivity contribution in [3.05, 3.63) is 58.5 Å². The maximum absolute atomic E-state index is 13.7. The van der Waals surface area contributed by atoms with Gasteiger partial charge < -0.3 is 4.90 Å². The van der Waals surface area contributed by atoms with Gasteiger partial charge >= 0.3 is 0 Å². The highest BCUT2D eigenvalue weighted by atomic mass is 35.5. The van der Waals surface area contributed by atoms with E-state index < -0.39 is 17.6 Å². The molecular formula is C14H12ClF3N2. The highest BCUT2D eigenvalue weighted by Gasteiger charge is 2.20. The van der Waals surface area contributed by atoms with Crippen LogP contribution in [0.2, 0.25) is 5.02 Å². The molecule has 2 nitrogen and oxygen atoms in total. The van der Waals surface area contributed by atoms with Gasteiger partial charge in [-0.2, -0.15) is 9.37 Å². The van der Waals surface area contributed by atoms with Gasteiger partial charge in [-0.05, 0) is 24.6 Å². The molecular weight excluding hydrogens is 289 g/mol. The highest BCUT2D eigenvalue weighted by Crippen LogP contribution is 2.27. The average Bonchev–Trinajstić information content (AvgIpc) is 2.41. The molecule has 20 heavy (non-hydrogen) atoms. The molecule has 0 saturated carbocycles. The second-order valence-corrected chi connectivity index (χ2v) is 4.84. The van der Waals surface area contributed by atoms with E-state index in [1.807, 2.05) is 6.07 Å². The van der Waals surface area contributed by atoms with Gasteiger partial charge in [-0.25, -0.2) is 8.78 Å². The third-order valence-electron chi connectivity index (χ3n) is 3.11. The molecule has 0 aliphatic heterocycles. The molecule has 0 spiro atoms. The molecule has 0 aliphatic rings. The minimum absolute atomic E-state index is 0.253. The summed E-state index contributed by atoms with van der Waals surface area (Å²) in [6.07, 6.45) is 0. The molecule has 1 aromatic heterocycles. The Hall–Kier alpha value is -1.75. The van der Waals surface area contributed by atoms with Crippen LogP contribution in [-0.2, 0) is 0 Å². The van der Waals surface area contributed by atoms with Crippen molar-refractivity contribution in [3.63, 3.8) is 0 Å². The number of pyridine rings is 1. The summed E-state index contributed by atoms with van der Waals surface area (Å²) in [7, 11) is 1.55. The molecule has 0 aliphatic carbocycles. The van der Waals surface area contributed by atoms with Crippen LogP contribution in [-0.4, -0.2) is 12.0 Å². The summed E-state index contributed by atoms with van der Waals surface area (Å²) in [5.74, 6) is -3.81. The van der Waals surface area contributed by atoms with Gasteiger partial charge in [0.25, 0.3) is 5.95 Å². The topological polar surface area (TPSA) is 16.1 Å². The lowest BCUT2D eigenvalue weighted by Crippen LogP contribution is -2.24. The van der Waals surface area contributed by atoms with E-state index in [-0.39, 0.29) is 11.9 Å². The number of nitrogens with zero attached hydrogens (tertiary/aromatic N) is 2. The Labute approximate surface area is 119 Å². The Morgan fingerprint density at radius 3 is 2.50 bits per heavy atom. The number of halogens is 4. The van der Waals surface area contributed by atoms with Crippen LogP contribution >= 0.6 is 11.6 Å². The molecule has 0 N–H and O–H groups in total. The predicted molar refractivity (Wildman–Crippen MR) is 72.4 cm³/mol. The molecule has 0 fully saturated rings. The number of rotatable bonds is 3. The predicted octanol–water partition coefficient (Wildman–Crippen LogP) is 4.35. The van der Waals surface area contributed by atoms with Gasteiger partial charge in [0.15, 0.2) is 17.5 Å². The first-order valence-corrected chi connectivity index (χ1v) is 6.27. The molecule has 6 heteroatoms. The normalized spacial score (nSPS) is 12.3. The number of aromatic nitrogens is 1. The minimum atomic E-state index is -1.33. The summed E-state index contributed by atoms with van der Waals surface area (Å²) in [4.78, 5) is 4.74. The Kier molecular flexibility index (Phi) is 4.18. The average molecular weight is 301 g/mol. The summed E-state index contributed by atoms with van der Waals surface area (Å²) in [6, 6.07) is 7.19. The van der Waals surface area contributed by atoms with Crippen LogP contribution in [0.15, 0.2) is 30.3 Å². The molecule has 2 rings (SSSR count). The molecule has 0 amide bonds. The van der Waals surface area contributed by atoms with E-state index >= 15 is 0 Å². The largest absolute Gasteiger partial charge is 0.350 e. The van der Waals surface area contributed by atoms with Crippen molar-refractivity contribution in [1.29, 1.82) is 0 Å². The van der Waals surface area contributed by atoms with Gasteiger partial charge in [0, 0.05) is 18.1 Å². The molecule has 1 atom stereocenters. The SMILES string of the molecule is CC(c1cccc(Cl)c1)N(C)c1nc(F)c(F)cc1F. The van der Waals surface area contributed by atoms with Gasteiger partial charge in [-0.1, -0.05) is 23.7 Å². The summed E-state index contributed by atoms with van der Waals surface area (Å²) < 4.78 is 39.7. The lowest BCUT2D eigenvalue weighted by atomic mass is 10.1. The van der Waals surface area contributed by atoms with Crippen molar-refractivity contribution in [3.8, 4) is 0 Å². The molecule has 2 aromatic rings. The minimum Gasteiger partial charge on any atom is -0.350 e. The summed E-state index contributed by atoms with van der Waals surface area (Å²) in [5, 5.41) is 0.543. The maximum atomic E-state index is 13.7. The number of anilines is 1. The van der Waals surface area contributed by atoms with Crippen LogP contribution < -0.4 is 4.90 Å². The number of hydrogen-bond acceptors (Lipinski definition) is 2. The first-order chi connectivity index (χ1) is 9.40. The van der Waals surface area contributed by atoms with E-state index in [0.717, 1.165) is 5.56 Å². The maximum Gasteiger partial charge on any atom is 0.251 e. The van der Waals surface area contributed by atoms with E-state index in [2.05, 4.69) is 4.98 Å². The van der Waals surface area contributed by atoms with E-state index in [9.17, 15) is 13.2 Å². The van der Waals surface area contributed by atoms with Crippen molar-refractivity contribution in [2.75, 3.05) is 11.9 Å². The zero-order chi connectivity index (χ0) is 14.9. The number of hydrogen-bond donors (Lipinski definition) is 0. The van der Waals surface area contributed by atoms with Crippen molar-refractivity contribution in [2.24, 2.45) is 0 Å². The van der Waals surface area contributed by atoms with Crippen LogP contribution in [0.25, 0.3) is 0 Å². The van der Waals surface area contributed by atoms with Crippen LogP contribution in [0.5, 0.6) is 0 Å². The van der Waals surface area contributed by atoms with Gasteiger partial charge in [0.05, 0.1) is 6.04 Å². The quantitative estimate of drug-likeness (QED) is 0.783. The fraction of sp³-hybridized carbons (Fsp3) is 0.214. The molecule has 0 bridgehead atoms. The summed E-state index contributed by atoms with van der Waals surface area (Å²) >= 11 is 5.90. The van der Waals surface area contributed by atoms with E-state index in [4.69, 9.17) is 11.6 Å². The van der Waals surface area contributed by atoms with E-state index in [0.29, 0.717) is 11.1 Å². The first kappa shape index (κ1) is 14.7. The van der Waals surface area contributed by atoms with Crippen LogP contribution in [0.1, 0.15) is 18.5 Å². The second kappa shape index (κ2) is 5.71. The summed E-state index contributed by atoms with van der Waals surface area (Å²) in [5.41, 5.74) is 0.811. The molecule has 106 valence electrons. The lowest BCUT2D eigenvalue weighted by molar-refractivity contribution is 0.462. The van der Waals surface area contributed by atoms with Crippen molar-refractivity contribution >= 4 is 17.4 Å². The van der Waals surface area contributed by atoms with Crippen molar-refractivity contribution < 1.29 is 13.2 Å². The zero-order valence-corrected chi connectivity index (χ0v) is 11.6. The fourth-order valence-electron chi connectivity index (χ4n) is 1.86. The Bertz CT molecular complexity index is 634. The van der Waals surface area contributed by atoms with Crippen molar-refractivity contribution in [2.45, 2.75) is 13.0 Å². The van der Waals surface area contributed by atoms with Crippen LogP contribution in [0.4, 0.5) is 19.0 Å². The van der Waals surface area contributed by atoms with Crippen LogP contribution in [0.3, 0.4) is 0 Å². The Balaban J connectivity index is 2.36. The smallest absolute Gasteiger partial charge is 0.251 e. The van der Waals surface area contributed by atoms with Gasteiger partial charge in [-0.3, -0.25) is 0 Å². The number of benzene rings is 1. The lowest BCUT2D eigenvalue weighted by Gasteiger charge is -2.26. The first-order valence-electron chi connectivity index (χ1n) is 5.90. The monoisotopic (exact) mass is 300 g/mol. The highest BCUT2D eigenvalue weighted by molar-refractivity contribution is 6.30. The third-order valence-corrected chi connectivity index (χ3v) is 3.35. The van der Waals surface area contributed by atoms with Gasteiger partial charge in [-0.15, -0.1) is 0 Å². The van der Waals surface area contributed by atoms with Gasteiger partial charge in [0.2, 0.25) is 0 Å². The van der Waals surface area contributed by atoms with E-state index in [1.54, 1.807) is 32.2 Å². The van der Waals surface area contributed by atoms with Gasteiger partial charge in [0.1, 0.15) is 0 Å². The Morgan fingerprint density at radius 1 is 1.15 bits per heavy atom. The fourth-order valence-corrected chi connectivity index (χ4v) is 2.05. The summed E-state index contributed by atoms with van der Waals surface area (Å²) in [6.45, 7) is 1.79. The van der Waals surface area contributed by atoms with E-state index in [1.165, 1.54) is 4.90 Å². The molecule has 0 radical (unpaired) electrons. The third kappa shape index (κ3) is 2.88. The Morgan fingerprint density at radius 2 is 1.85 bits per heavy atom. The molecule has 0 saturated heterocycles.